The number of nitrogens with zero attached hydrogens (tertiary/aromatic N) is 1. The predicted molar refractivity (Wildman–Crippen MR) is 71.6 cm³/mol. The number of aromatic nitrogens is 1. The lowest BCUT2D eigenvalue weighted by Crippen LogP contribution is -2.21. The molecule has 1 heterocycles. The molecular formula is C12H14N2O4S. The quantitative estimate of drug-likeness (QED) is 0.823. The number of fused-ring (bicyclic) bond motifs is 1. The summed E-state index contributed by atoms with van der Waals surface area (Å²) in [4.78, 5) is 11.6. The Bertz CT molecular complexity index is 733. The maximum Gasteiger partial charge on any atom is 0.273 e. The molecule has 0 fully saturated rings. The predicted octanol–water partition coefficient (Wildman–Crippen LogP) is 1.19. The van der Waals surface area contributed by atoms with Gasteiger partial charge in [0.2, 0.25) is 5.91 Å². The summed E-state index contributed by atoms with van der Waals surface area (Å²) < 4.78 is 33.3. The van der Waals surface area contributed by atoms with Crippen LogP contribution >= 0.6 is 0 Å². The van der Waals surface area contributed by atoms with Crippen LogP contribution in [0, 0.1) is 0 Å². The molecule has 1 atom stereocenters. The molecule has 2 aromatic rings. The first kappa shape index (κ1) is 13.7. The molecule has 0 amide bonds. The number of hydrogen-bond acceptors (Lipinski definition) is 4. The number of hydrogen-bond donors (Lipinski definition) is 2. The number of nitrogens with two attached hydrogens (primary N) is 1. The van der Waals surface area contributed by atoms with Crippen LogP contribution in [-0.2, 0) is 10.1 Å². The number of rotatable bonds is 3. The van der Waals surface area contributed by atoms with E-state index in [0.29, 0.717) is 16.5 Å². The van der Waals surface area contributed by atoms with Gasteiger partial charge in [-0.25, -0.2) is 0 Å². The molecule has 0 aliphatic heterocycles. The summed E-state index contributed by atoms with van der Waals surface area (Å²) in [7, 11) is -4.32. The van der Waals surface area contributed by atoms with Crippen molar-refractivity contribution in [3.63, 3.8) is 0 Å². The van der Waals surface area contributed by atoms with E-state index in [9.17, 15) is 17.8 Å². The van der Waals surface area contributed by atoms with Crippen LogP contribution in [0.15, 0.2) is 30.5 Å². The molecule has 1 aromatic heterocycles. The average molecular weight is 282 g/mol. The van der Waals surface area contributed by atoms with Gasteiger partial charge in [-0.05, 0) is 11.6 Å². The number of para-hydroxylation sites is 1. The van der Waals surface area contributed by atoms with E-state index in [1.807, 2.05) is 0 Å². The molecule has 0 spiro atoms. The highest BCUT2D eigenvalue weighted by Gasteiger charge is 2.27. The van der Waals surface area contributed by atoms with Gasteiger partial charge in [-0.15, -0.1) is 0 Å². The zero-order valence-corrected chi connectivity index (χ0v) is 11.1. The number of carbonyl (C=O) groups is 1. The van der Waals surface area contributed by atoms with Gasteiger partial charge < -0.3 is 5.73 Å². The highest BCUT2D eigenvalue weighted by Crippen LogP contribution is 2.30. The van der Waals surface area contributed by atoms with Gasteiger partial charge in [-0.3, -0.25) is 13.9 Å². The number of carbonyl (C=O) groups excluding carboxylic acids is 1. The molecule has 0 saturated carbocycles. The molecule has 0 aliphatic rings. The van der Waals surface area contributed by atoms with Crippen molar-refractivity contribution >= 4 is 26.9 Å². The minimum Gasteiger partial charge on any atom is -0.329 e. The summed E-state index contributed by atoms with van der Waals surface area (Å²) in [6, 6.07) is 6.88. The fourth-order valence-corrected chi connectivity index (χ4v) is 2.88. The highest BCUT2D eigenvalue weighted by molar-refractivity contribution is 7.86. The van der Waals surface area contributed by atoms with Crippen LogP contribution in [0.1, 0.15) is 22.5 Å². The van der Waals surface area contributed by atoms with Crippen molar-refractivity contribution in [3.8, 4) is 0 Å². The van der Waals surface area contributed by atoms with Crippen LogP contribution in [-0.4, -0.2) is 30.0 Å². The van der Waals surface area contributed by atoms with Gasteiger partial charge in [0, 0.05) is 25.1 Å². The van der Waals surface area contributed by atoms with E-state index >= 15 is 0 Å². The second-order valence-corrected chi connectivity index (χ2v) is 5.83. The lowest BCUT2D eigenvalue weighted by atomic mass is 10.1. The van der Waals surface area contributed by atoms with Crippen molar-refractivity contribution in [3.05, 3.63) is 36.0 Å². The fraction of sp³-hybridized carbons (Fsp3) is 0.250. The van der Waals surface area contributed by atoms with Gasteiger partial charge in [-0.2, -0.15) is 8.42 Å². The molecule has 2 rings (SSSR count). The minimum absolute atomic E-state index is 0.242. The monoisotopic (exact) mass is 282 g/mol. The Hall–Kier alpha value is -1.70. The van der Waals surface area contributed by atoms with Crippen molar-refractivity contribution in [2.45, 2.75) is 12.2 Å². The molecule has 1 aromatic carbocycles. The van der Waals surface area contributed by atoms with Crippen LogP contribution < -0.4 is 5.73 Å². The maximum atomic E-state index is 11.6. The lowest BCUT2D eigenvalue weighted by molar-refractivity contribution is 0.0941. The Morgan fingerprint density at radius 1 is 1.42 bits per heavy atom. The van der Waals surface area contributed by atoms with E-state index in [4.69, 9.17) is 5.73 Å². The van der Waals surface area contributed by atoms with Crippen LogP contribution in [0.3, 0.4) is 0 Å². The summed E-state index contributed by atoms with van der Waals surface area (Å²) in [5, 5.41) is -0.649. The molecule has 19 heavy (non-hydrogen) atoms. The third-order valence-corrected chi connectivity index (χ3v) is 4.17. The standard InChI is InChI=1S/C12H14N2O4S/c1-8(15)14-7-10(12(6-13)19(16,17)18)9-4-2-3-5-11(9)14/h2-5,7,12H,6,13H2,1H3,(H,16,17,18). The first-order valence-corrected chi connectivity index (χ1v) is 7.14. The maximum absolute atomic E-state index is 11.6. The lowest BCUT2D eigenvalue weighted by Gasteiger charge is -2.10. The van der Waals surface area contributed by atoms with Crippen molar-refractivity contribution in [2.24, 2.45) is 5.73 Å². The zero-order valence-electron chi connectivity index (χ0n) is 10.3. The normalized spacial score (nSPS) is 13.6. The van der Waals surface area contributed by atoms with Crippen molar-refractivity contribution < 1.29 is 17.8 Å². The third kappa shape index (κ3) is 2.40. The Morgan fingerprint density at radius 3 is 2.58 bits per heavy atom. The zero-order chi connectivity index (χ0) is 14.2. The van der Waals surface area contributed by atoms with Crippen molar-refractivity contribution in [2.75, 3.05) is 6.54 Å². The second-order valence-electron chi connectivity index (χ2n) is 4.23. The van der Waals surface area contributed by atoms with E-state index < -0.39 is 15.4 Å². The molecule has 0 bridgehead atoms. The molecule has 6 nitrogen and oxygen atoms in total. The molecular weight excluding hydrogens is 268 g/mol. The number of benzene rings is 1. The first-order valence-electron chi connectivity index (χ1n) is 5.63. The third-order valence-electron chi connectivity index (χ3n) is 3.00. The molecule has 0 aliphatic carbocycles. The smallest absolute Gasteiger partial charge is 0.273 e. The molecule has 7 heteroatoms. The molecule has 3 N–H and O–H groups in total. The van der Waals surface area contributed by atoms with Crippen molar-refractivity contribution in [1.29, 1.82) is 0 Å². The second kappa shape index (κ2) is 4.76. The van der Waals surface area contributed by atoms with E-state index in [0.717, 1.165) is 0 Å². The Labute approximate surface area is 110 Å². The minimum atomic E-state index is -4.32. The van der Waals surface area contributed by atoms with Crippen molar-refractivity contribution in [1.82, 2.24) is 4.57 Å². The van der Waals surface area contributed by atoms with Crippen LogP contribution in [0.25, 0.3) is 10.9 Å². The summed E-state index contributed by atoms with van der Waals surface area (Å²) in [6.07, 6.45) is 1.41. The van der Waals surface area contributed by atoms with Gasteiger partial charge in [0.15, 0.2) is 0 Å². The topological polar surface area (TPSA) is 102 Å². The van der Waals surface area contributed by atoms with E-state index in [1.165, 1.54) is 17.7 Å². The van der Waals surface area contributed by atoms with Gasteiger partial charge in [0.25, 0.3) is 10.1 Å². The van der Waals surface area contributed by atoms with E-state index in [2.05, 4.69) is 0 Å². The van der Waals surface area contributed by atoms with Crippen LogP contribution in [0.4, 0.5) is 0 Å². The molecule has 102 valence electrons. The summed E-state index contributed by atoms with van der Waals surface area (Å²) in [5.41, 5.74) is 6.35. The van der Waals surface area contributed by atoms with Crippen LogP contribution in [0.5, 0.6) is 0 Å². The molecule has 0 radical (unpaired) electrons. The SMILES string of the molecule is CC(=O)n1cc(C(CN)S(=O)(=O)O)c2ccccc21. The summed E-state index contributed by atoms with van der Waals surface area (Å²) in [6.45, 7) is 1.12. The largest absolute Gasteiger partial charge is 0.329 e. The van der Waals surface area contributed by atoms with Gasteiger partial charge in [-0.1, -0.05) is 18.2 Å². The van der Waals surface area contributed by atoms with Crippen LogP contribution in [0.2, 0.25) is 0 Å². The van der Waals surface area contributed by atoms with Gasteiger partial charge in [0.1, 0.15) is 5.25 Å². The van der Waals surface area contributed by atoms with Gasteiger partial charge >= 0.3 is 0 Å². The Morgan fingerprint density at radius 2 is 2.05 bits per heavy atom. The summed E-state index contributed by atoms with van der Waals surface area (Å²) in [5.74, 6) is -0.242. The highest BCUT2D eigenvalue weighted by atomic mass is 32.2. The van der Waals surface area contributed by atoms with E-state index in [1.54, 1.807) is 24.3 Å². The molecule has 0 saturated heterocycles. The Balaban J connectivity index is 2.77. The first-order chi connectivity index (χ1) is 8.86. The Kier molecular flexibility index (Phi) is 3.44. The van der Waals surface area contributed by atoms with Gasteiger partial charge in [0.05, 0.1) is 5.52 Å². The summed E-state index contributed by atoms with van der Waals surface area (Å²) >= 11 is 0. The fourth-order valence-electron chi connectivity index (χ4n) is 2.13. The van der Waals surface area contributed by atoms with E-state index in [-0.39, 0.29) is 12.5 Å². The molecule has 1 unspecified atom stereocenters. The average Bonchev–Trinajstić information content (AvgIpc) is 2.68.